The molecule has 1 aliphatic rings. The summed E-state index contributed by atoms with van der Waals surface area (Å²) >= 11 is 0. The number of amides is 1. The van der Waals surface area contributed by atoms with Crippen LogP contribution in [0.1, 0.15) is 431 Å². The van der Waals surface area contributed by atoms with E-state index in [0.717, 1.165) is 64.2 Å². The number of carbonyl (C=O) groups excluding carboxylic acids is 2. The highest BCUT2D eigenvalue weighted by Gasteiger charge is 2.44. The van der Waals surface area contributed by atoms with Gasteiger partial charge in [0.05, 0.1) is 32.0 Å². The van der Waals surface area contributed by atoms with Crippen molar-refractivity contribution in [2.45, 2.75) is 474 Å². The van der Waals surface area contributed by atoms with Crippen LogP contribution in [-0.4, -0.2) is 100 Å². The van der Waals surface area contributed by atoms with Gasteiger partial charge in [-0.1, -0.05) is 397 Å². The third-order valence-electron chi connectivity index (χ3n) is 20.2. The van der Waals surface area contributed by atoms with Gasteiger partial charge in [0.15, 0.2) is 6.29 Å². The van der Waals surface area contributed by atoms with E-state index in [1.54, 1.807) is 6.08 Å². The van der Waals surface area contributed by atoms with Crippen LogP contribution in [0.2, 0.25) is 0 Å². The fourth-order valence-electron chi connectivity index (χ4n) is 13.7. The molecule has 0 bridgehead atoms. The number of aliphatic hydroxyl groups excluding tert-OH is 5. The van der Waals surface area contributed by atoms with Gasteiger partial charge in [0, 0.05) is 12.8 Å². The minimum absolute atomic E-state index is 0.0212. The number of rotatable bonds is 76. The van der Waals surface area contributed by atoms with Gasteiger partial charge in [-0.25, -0.2) is 0 Å². The Balaban J connectivity index is 1.89. The highest BCUT2D eigenvalue weighted by molar-refractivity contribution is 5.76. The molecule has 0 aromatic carbocycles. The zero-order valence-electron chi connectivity index (χ0n) is 63.4. The first-order valence-corrected chi connectivity index (χ1v) is 42.3. The summed E-state index contributed by atoms with van der Waals surface area (Å²) in [7, 11) is 0. The first-order valence-electron chi connectivity index (χ1n) is 42.3. The van der Waals surface area contributed by atoms with Gasteiger partial charge in [0.2, 0.25) is 5.91 Å². The SMILES string of the molecule is CCCCCCC/C=C/CC/C=C/CC/C=C/C(O)C(COC1OC(CO)C(O)C(O)C1O)NC(=O)CCCCCCCCCCCCCCCCCCCCCCCCCCCCCCCCCCCCCCCCCOC(=O)CCCCCCCCCCCCCCCC. The summed E-state index contributed by atoms with van der Waals surface area (Å²) in [5.41, 5.74) is 0. The van der Waals surface area contributed by atoms with E-state index in [0.29, 0.717) is 19.4 Å². The van der Waals surface area contributed by atoms with Crippen molar-refractivity contribution < 1.29 is 49.3 Å². The number of carbonyl (C=O) groups is 2. The molecule has 96 heavy (non-hydrogen) atoms. The number of unbranched alkanes of at least 4 members (excludes halogenated alkanes) is 58. The highest BCUT2D eigenvalue weighted by Crippen LogP contribution is 2.24. The average molecular weight is 1360 g/mol. The predicted octanol–water partition coefficient (Wildman–Crippen LogP) is 23.3. The molecule has 0 radical (unpaired) electrons. The molecule has 1 fully saturated rings. The second-order valence-corrected chi connectivity index (χ2v) is 29.5. The lowest BCUT2D eigenvalue weighted by Crippen LogP contribution is -2.60. The molecule has 6 N–H and O–H groups in total. The lowest BCUT2D eigenvalue weighted by Gasteiger charge is -2.40. The summed E-state index contributed by atoms with van der Waals surface area (Å²) < 4.78 is 16.8. The van der Waals surface area contributed by atoms with Crippen LogP contribution in [-0.2, 0) is 23.8 Å². The predicted molar refractivity (Wildman–Crippen MR) is 407 cm³/mol. The lowest BCUT2D eigenvalue weighted by molar-refractivity contribution is -0.302. The van der Waals surface area contributed by atoms with Crippen LogP contribution in [0, 0.1) is 0 Å². The zero-order valence-corrected chi connectivity index (χ0v) is 63.4. The number of ether oxygens (including phenoxy) is 3. The van der Waals surface area contributed by atoms with Crippen LogP contribution in [0.4, 0.5) is 0 Å². The minimum atomic E-state index is -1.58. The molecule has 0 aromatic rings. The van der Waals surface area contributed by atoms with Crippen LogP contribution in [0.5, 0.6) is 0 Å². The number of nitrogens with one attached hydrogen (secondary N) is 1. The van der Waals surface area contributed by atoms with E-state index in [1.807, 2.05) is 6.08 Å². The third kappa shape index (κ3) is 61.7. The van der Waals surface area contributed by atoms with E-state index in [4.69, 9.17) is 14.2 Å². The molecule has 0 spiro atoms. The van der Waals surface area contributed by atoms with E-state index >= 15 is 0 Å². The topological polar surface area (TPSA) is 175 Å². The maximum absolute atomic E-state index is 13.1. The Hall–Kier alpha value is -2.12. The van der Waals surface area contributed by atoms with E-state index in [1.165, 1.54) is 340 Å². The first kappa shape index (κ1) is 91.9. The Morgan fingerprint density at radius 1 is 0.375 bits per heavy atom. The molecule has 0 aliphatic carbocycles. The summed E-state index contributed by atoms with van der Waals surface area (Å²) in [6, 6.07) is -0.831. The van der Waals surface area contributed by atoms with E-state index < -0.39 is 49.5 Å². The number of allylic oxidation sites excluding steroid dienone is 5. The quantitative estimate of drug-likeness (QED) is 0.0195. The Bertz CT molecular complexity index is 1690. The van der Waals surface area contributed by atoms with Crippen molar-refractivity contribution in [3.8, 4) is 0 Å². The van der Waals surface area contributed by atoms with E-state index in [9.17, 15) is 35.1 Å². The van der Waals surface area contributed by atoms with Gasteiger partial charge < -0.3 is 45.1 Å². The molecule has 566 valence electrons. The van der Waals surface area contributed by atoms with Gasteiger partial charge in [-0.3, -0.25) is 9.59 Å². The molecule has 11 nitrogen and oxygen atoms in total. The number of aliphatic hydroxyl groups is 5. The van der Waals surface area contributed by atoms with Crippen molar-refractivity contribution in [3.63, 3.8) is 0 Å². The molecular weight excluding hydrogens is 1190 g/mol. The van der Waals surface area contributed by atoms with Gasteiger partial charge in [-0.2, -0.15) is 0 Å². The summed E-state index contributed by atoms with van der Waals surface area (Å²) in [6.07, 6.45) is 87.7. The van der Waals surface area contributed by atoms with Crippen LogP contribution in [0.15, 0.2) is 36.5 Å². The normalized spacial score (nSPS) is 17.4. The Kier molecular flexibility index (Phi) is 70.9. The van der Waals surface area contributed by atoms with Crippen molar-refractivity contribution in [1.29, 1.82) is 0 Å². The summed E-state index contributed by atoms with van der Waals surface area (Å²) in [4.78, 5) is 25.2. The maximum Gasteiger partial charge on any atom is 0.305 e. The fraction of sp³-hybridized carbons (Fsp3) is 0.906. The van der Waals surface area contributed by atoms with Gasteiger partial charge in [-0.05, 0) is 57.8 Å². The minimum Gasteiger partial charge on any atom is -0.466 e. The van der Waals surface area contributed by atoms with E-state index in [-0.39, 0.29) is 18.5 Å². The second-order valence-electron chi connectivity index (χ2n) is 29.5. The van der Waals surface area contributed by atoms with Gasteiger partial charge in [-0.15, -0.1) is 0 Å². The molecule has 0 saturated carbocycles. The number of esters is 1. The van der Waals surface area contributed by atoms with Crippen LogP contribution in [0.3, 0.4) is 0 Å². The summed E-state index contributed by atoms with van der Waals surface area (Å²) in [5.74, 6) is -0.167. The molecule has 7 unspecified atom stereocenters. The van der Waals surface area contributed by atoms with Crippen molar-refractivity contribution in [3.05, 3.63) is 36.5 Å². The van der Waals surface area contributed by atoms with Crippen molar-refractivity contribution >= 4 is 11.9 Å². The highest BCUT2D eigenvalue weighted by atomic mass is 16.7. The zero-order chi connectivity index (χ0) is 69.4. The van der Waals surface area contributed by atoms with Gasteiger partial charge in [0.25, 0.3) is 0 Å². The van der Waals surface area contributed by atoms with Gasteiger partial charge >= 0.3 is 5.97 Å². The summed E-state index contributed by atoms with van der Waals surface area (Å²) in [5, 5.41) is 54.6. The third-order valence-corrected chi connectivity index (χ3v) is 20.2. The molecule has 1 aliphatic heterocycles. The molecule has 1 saturated heterocycles. The molecule has 1 amide bonds. The standard InChI is InChI=1S/C85H161NO10/c1-3-5-7-9-11-13-15-17-44-47-51-55-59-63-67-71-78(88)77(76-95-85-84(93)83(92)82(91)79(75-87)96-85)86-80(89)72-68-64-60-56-52-48-45-42-40-38-36-34-32-30-28-26-24-22-20-19-21-23-25-27-29-31-33-35-37-39-41-43-46-50-54-58-62-66-70-74-94-81(90)73-69-65-61-57-53-49-18-16-14-12-10-8-6-4-2/h15,17,51,55,67,71,77-79,82-85,87-88,91-93H,3-14,16,18-50,52-54,56-66,68-70,72-76H2,1-2H3,(H,86,89)/b17-15+,55-51+,71-67+. The van der Waals surface area contributed by atoms with Crippen LogP contribution >= 0.6 is 0 Å². The molecule has 7 atom stereocenters. The van der Waals surface area contributed by atoms with Crippen molar-refractivity contribution in [2.75, 3.05) is 19.8 Å². The molecule has 11 heteroatoms. The fourth-order valence-corrected chi connectivity index (χ4v) is 13.7. The van der Waals surface area contributed by atoms with Crippen LogP contribution < -0.4 is 5.32 Å². The van der Waals surface area contributed by atoms with Crippen molar-refractivity contribution in [2.24, 2.45) is 0 Å². The summed E-state index contributed by atoms with van der Waals surface area (Å²) in [6.45, 7) is 4.37. The van der Waals surface area contributed by atoms with Gasteiger partial charge in [0.1, 0.15) is 24.4 Å². The Morgan fingerprint density at radius 3 is 1.03 bits per heavy atom. The smallest absolute Gasteiger partial charge is 0.305 e. The average Bonchev–Trinajstić information content (AvgIpc) is 0.845. The van der Waals surface area contributed by atoms with E-state index in [2.05, 4.69) is 43.5 Å². The monoisotopic (exact) mass is 1360 g/mol. The maximum atomic E-state index is 13.1. The number of hydrogen-bond acceptors (Lipinski definition) is 10. The first-order chi connectivity index (χ1) is 47.2. The Morgan fingerprint density at radius 2 is 0.677 bits per heavy atom. The molecule has 1 heterocycles. The van der Waals surface area contributed by atoms with Crippen molar-refractivity contribution in [1.82, 2.24) is 5.32 Å². The molecule has 1 rings (SSSR count). The molecule has 0 aromatic heterocycles. The lowest BCUT2D eigenvalue weighted by atomic mass is 9.99. The number of hydrogen-bond donors (Lipinski definition) is 6. The van der Waals surface area contributed by atoms with Crippen LogP contribution in [0.25, 0.3) is 0 Å². The largest absolute Gasteiger partial charge is 0.466 e. The second kappa shape index (κ2) is 74.1. The molecular formula is C85H161NO10. The Labute approximate surface area is 594 Å².